The Labute approximate surface area is 219 Å². The number of halogens is 1. The quantitative estimate of drug-likeness (QED) is 0.176. The van der Waals surface area contributed by atoms with Crippen molar-refractivity contribution in [2.24, 2.45) is 0 Å². The third-order valence-electron chi connectivity index (χ3n) is 4.98. The maximum Gasteiger partial charge on any atom is 0.261 e. The third kappa shape index (κ3) is 7.27. The molecule has 4 aromatic carbocycles. The summed E-state index contributed by atoms with van der Waals surface area (Å²) in [6, 6.07) is 29.3. The zero-order valence-corrected chi connectivity index (χ0v) is 21.4. The topological polar surface area (TPSA) is 84.5 Å². The van der Waals surface area contributed by atoms with Crippen molar-refractivity contribution < 1.29 is 17.9 Å². The van der Waals surface area contributed by atoms with Gasteiger partial charge in [0.05, 0.1) is 17.2 Å². The van der Waals surface area contributed by atoms with Gasteiger partial charge in [-0.1, -0.05) is 35.9 Å². The van der Waals surface area contributed by atoms with Gasteiger partial charge in [0.15, 0.2) is 0 Å². The summed E-state index contributed by atoms with van der Waals surface area (Å²) in [5, 5.41) is 3.19. The Morgan fingerprint density at radius 3 is 2.25 bits per heavy atom. The number of hydrogen-bond acceptors (Lipinski definition) is 5. The van der Waals surface area contributed by atoms with Crippen LogP contribution in [0.15, 0.2) is 113 Å². The minimum absolute atomic E-state index is 0.0624. The van der Waals surface area contributed by atoms with E-state index in [0.717, 1.165) is 5.75 Å². The largest absolute Gasteiger partial charge is 0.493 e. The highest BCUT2D eigenvalue weighted by Crippen LogP contribution is 2.22. The van der Waals surface area contributed by atoms with E-state index >= 15 is 0 Å². The molecular weight excluding hydrogens is 516 g/mol. The molecule has 0 saturated carbocycles. The van der Waals surface area contributed by atoms with E-state index in [9.17, 15) is 13.2 Å². The lowest BCUT2D eigenvalue weighted by Gasteiger charge is -2.10. The van der Waals surface area contributed by atoms with Crippen LogP contribution in [-0.2, 0) is 10.0 Å². The number of carbonyl (C=O) groups is 1. The monoisotopic (exact) mass is 538 g/mol. The summed E-state index contributed by atoms with van der Waals surface area (Å²) in [4.78, 5) is 13.9. The molecule has 0 spiro atoms. The fourth-order valence-corrected chi connectivity index (χ4v) is 5.22. The first-order valence-electron chi connectivity index (χ1n) is 11.0. The number of carbonyl (C=O) groups excluding carboxylic acids is 1. The lowest BCUT2D eigenvalue weighted by molar-refractivity contribution is 0.102. The number of benzene rings is 4. The average Bonchev–Trinajstić information content (AvgIpc) is 2.88. The summed E-state index contributed by atoms with van der Waals surface area (Å²) in [5.74, 6) is 1.18. The number of sulfonamides is 1. The number of nitrogens with one attached hydrogen (secondary N) is 2. The van der Waals surface area contributed by atoms with Gasteiger partial charge < -0.3 is 10.1 Å². The second-order valence-corrected chi connectivity index (χ2v) is 10.9. The minimum atomic E-state index is -3.79. The van der Waals surface area contributed by atoms with Gasteiger partial charge in [0.1, 0.15) is 5.75 Å². The molecule has 4 rings (SSSR count). The Balaban J connectivity index is 1.29. The predicted octanol–water partition coefficient (Wildman–Crippen LogP) is 6.56. The van der Waals surface area contributed by atoms with Crippen LogP contribution in [0.4, 0.5) is 11.4 Å². The Hall–Kier alpha value is -3.46. The molecule has 0 aliphatic heterocycles. The lowest BCUT2D eigenvalue weighted by atomic mass is 10.2. The van der Waals surface area contributed by atoms with E-state index in [4.69, 9.17) is 16.3 Å². The first-order valence-corrected chi connectivity index (χ1v) is 13.8. The molecule has 0 aliphatic carbocycles. The van der Waals surface area contributed by atoms with Gasteiger partial charge >= 0.3 is 0 Å². The first-order chi connectivity index (χ1) is 17.4. The van der Waals surface area contributed by atoms with Crippen molar-refractivity contribution in [3.63, 3.8) is 0 Å². The zero-order chi connectivity index (χ0) is 25.4. The number of anilines is 2. The molecule has 0 saturated heterocycles. The van der Waals surface area contributed by atoms with Gasteiger partial charge in [-0.2, -0.15) is 0 Å². The van der Waals surface area contributed by atoms with Gasteiger partial charge in [-0.25, -0.2) is 8.42 Å². The van der Waals surface area contributed by atoms with Crippen molar-refractivity contribution in [1.29, 1.82) is 0 Å². The van der Waals surface area contributed by atoms with Gasteiger partial charge in [0.25, 0.3) is 15.9 Å². The number of rotatable bonds is 10. The van der Waals surface area contributed by atoms with Gasteiger partial charge in [-0.3, -0.25) is 9.52 Å². The Bertz CT molecular complexity index is 1410. The smallest absolute Gasteiger partial charge is 0.261 e. The minimum Gasteiger partial charge on any atom is -0.493 e. The van der Waals surface area contributed by atoms with Crippen LogP contribution >= 0.6 is 23.4 Å². The van der Waals surface area contributed by atoms with Crippen LogP contribution in [0.1, 0.15) is 10.4 Å². The highest BCUT2D eigenvalue weighted by molar-refractivity contribution is 7.99. The molecule has 184 valence electrons. The summed E-state index contributed by atoms with van der Waals surface area (Å²) in [5.41, 5.74) is 1.29. The molecule has 2 N–H and O–H groups in total. The highest BCUT2D eigenvalue weighted by Gasteiger charge is 2.15. The Morgan fingerprint density at radius 1 is 0.833 bits per heavy atom. The van der Waals surface area contributed by atoms with E-state index in [2.05, 4.69) is 22.2 Å². The fraction of sp³-hybridized carbons (Fsp3) is 0.0741. The van der Waals surface area contributed by atoms with Gasteiger partial charge in [0, 0.05) is 26.9 Å². The van der Waals surface area contributed by atoms with Crippen molar-refractivity contribution in [2.45, 2.75) is 9.79 Å². The van der Waals surface area contributed by atoms with Crippen molar-refractivity contribution in [3.05, 3.63) is 114 Å². The standard InChI is InChI=1S/C27H23ClN2O4S2/c28-21-5-4-6-23(19-21)30-36(32,33)26-15-11-22(12-16-26)29-27(31)20-9-13-24(14-10-20)34-17-18-35-25-7-2-1-3-8-25/h1-16,19,30H,17-18H2,(H,29,31). The van der Waals surface area contributed by atoms with Gasteiger partial charge in [-0.05, 0) is 78.9 Å². The Morgan fingerprint density at radius 2 is 1.56 bits per heavy atom. The first kappa shape index (κ1) is 25.6. The zero-order valence-electron chi connectivity index (χ0n) is 19.1. The molecule has 0 bridgehead atoms. The second-order valence-electron chi connectivity index (χ2n) is 7.63. The van der Waals surface area contributed by atoms with Gasteiger partial charge in [0.2, 0.25) is 0 Å². The van der Waals surface area contributed by atoms with E-state index in [-0.39, 0.29) is 10.8 Å². The number of ether oxygens (including phenoxy) is 1. The van der Waals surface area contributed by atoms with Crippen LogP contribution in [0.25, 0.3) is 0 Å². The molecule has 4 aromatic rings. The van der Waals surface area contributed by atoms with E-state index in [1.807, 2.05) is 18.2 Å². The summed E-state index contributed by atoms with van der Waals surface area (Å²) >= 11 is 7.63. The molecule has 0 fully saturated rings. The fourth-order valence-electron chi connectivity index (χ4n) is 3.23. The summed E-state index contributed by atoms with van der Waals surface area (Å²) < 4.78 is 33.5. The van der Waals surface area contributed by atoms with Crippen molar-refractivity contribution >= 4 is 50.7 Å². The van der Waals surface area contributed by atoms with Gasteiger partial charge in [-0.15, -0.1) is 11.8 Å². The van der Waals surface area contributed by atoms with Crippen LogP contribution in [0.5, 0.6) is 5.75 Å². The summed E-state index contributed by atoms with van der Waals surface area (Å²) in [6.07, 6.45) is 0. The molecule has 1 amide bonds. The molecule has 0 radical (unpaired) electrons. The second kappa shape index (κ2) is 12.0. The third-order valence-corrected chi connectivity index (χ3v) is 7.59. The summed E-state index contributed by atoms with van der Waals surface area (Å²) in [7, 11) is -3.79. The maximum atomic E-state index is 12.6. The molecule has 9 heteroatoms. The number of thioether (sulfide) groups is 1. The number of amides is 1. The normalized spacial score (nSPS) is 11.0. The van der Waals surface area contributed by atoms with E-state index in [1.54, 1.807) is 54.2 Å². The van der Waals surface area contributed by atoms with E-state index in [0.29, 0.717) is 34.3 Å². The van der Waals surface area contributed by atoms with E-state index < -0.39 is 10.0 Å². The molecule has 0 aliphatic rings. The molecule has 36 heavy (non-hydrogen) atoms. The highest BCUT2D eigenvalue weighted by atomic mass is 35.5. The van der Waals surface area contributed by atoms with Crippen molar-refractivity contribution in [3.8, 4) is 5.75 Å². The molecule has 0 unspecified atom stereocenters. The van der Waals surface area contributed by atoms with Crippen molar-refractivity contribution in [2.75, 3.05) is 22.4 Å². The molecule has 0 atom stereocenters. The SMILES string of the molecule is O=C(Nc1ccc(S(=O)(=O)Nc2cccc(Cl)c2)cc1)c1ccc(OCCSc2ccccc2)cc1. The molecule has 0 aromatic heterocycles. The number of hydrogen-bond donors (Lipinski definition) is 2. The molecule has 0 heterocycles. The predicted molar refractivity (Wildman–Crippen MR) is 146 cm³/mol. The van der Waals surface area contributed by atoms with E-state index in [1.165, 1.54) is 35.2 Å². The van der Waals surface area contributed by atoms with Crippen LogP contribution in [-0.4, -0.2) is 26.7 Å². The van der Waals surface area contributed by atoms with Crippen molar-refractivity contribution in [1.82, 2.24) is 0 Å². The average molecular weight is 539 g/mol. The lowest BCUT2D eigenvalue weighted by Crippen LogP contribution is -2.14. The Kier molecular flexibility index (Phi) is 8.53. The summed E-state index contributed by atoms with van der Waals surface area (Å²) in [6.45, 7) is 0.548. The maximum absolute atomic E-state index is 12.6. The van der Waals surface area contributed by atoms with Crippen LogP contribution < -0.4 is 14.8 Å². The van der Waals surface area contributed by atoms with Crippen LogP contribution in [0, 0.1) is 0 Å². The van der Waals surface area contributed by atoms with Crippen LogP contribution in [0.3, 0.4) is 0 Å². The van der Waals surface area contributed by atoms with Crippen LogP contribution in [0.2, 0.25) is 5.02 Å². The molecular formula is C27H23ClN2O4S2. The molecule has 6 nitrogen and oxygen atoms in total.